The third kappa shape index (κ3) is 2.09. The van der Waals surface area contributed by atoms with Crippen LogP contribution in [0.15, 0.2) is 23.8 Å². The summed E-state index contributed by atoms with van der Waals surface area (Å²) in [6.07, 6.45) is -1.22. The van der Waals surface area contributed by atoms with Crippen molar-refractivity contribution in [3.63, 3.8) is 0 Å². The van der Waals surface area contributed by atoms with Gasteiger partial charge < -0.3 is 11.5 Å². The molecule has 0 atom stereocenters. The molecular formula is C7H9F3N2. The lowest BCUT2D eigenvalue weighted by Gasteiger charge is -2.23. The van der Waals surface area contributed by atoms with E-state index in [2.05, 4.69) is 0 Å². The first-order valence-corrected chi connectivity index (χ1v) is 3.36. The number of rotatable bonds is 0. The van der Waals surface area contributed by atoms with Crippen molar-refractivity contribution in [2.45, 2.75) is 18.3 Å². The molecular weight excluding hydrogens is 169 g/mol. The predicted octanol–water partition coefficient (Wildman–Crippen LogP) is 1.05. The first kappa shape index (κ1) is 9.28. The Balaban J connectivity index is 2.78. The lowest BCUT2D eigenvalue weighted by atomic mass is 9.98. The van der Waals surface area contributed by atoms with Gasteiger partial charge in [-0.2, -0.15) is 13.2 Å². The molecule has 0 saturated heterocycles. The molecule has 0 unspecified atom stereocenters. The Labute approximate surface area is 67.7 Å². The first-order valence-electron chi connectivity index (χ1n) is 3.36. The average Bonchev–Trinajstić information content (AvgIpc) is 1.83. The Hall–Kier alpha value is -0.810. The van der Waals surface area contributed by atoms with E-state index in [-0.39, 0.29) is 6.42 Å². The van der Waals surface area contributed by atoms with Crippen LogP contribution in [-0.2, 0) is 0 Å². The lowest BCUT2D eigenvalue weighted by Crippen LogP contribution is -2.48. The lowest BCUT2D eigenvalue weighted by molar-refractivity contribution is -0.0887. The molecule has 0 aromatic heterocycles. The van der Waals surface area contributed by atoms with Crippen LogP contribution < -0.4 is 11.5 Å². The van der Waals surface area contributed by atoms with Crippen molar-refractivity contribution < 1.29 is 13.2 Å². The molecule has 4 N–H and O–H groups in total. The number of halogens is 3. The van der Waals surface area contributed by atoms with Crippen LogP contribution in [0.5, 0.6) is 0 Å². The minimum Gasteiger partial charge on any atom is -0.310 e. The van der Waals surface area contributed by atoms with Crippen molar-refractivity contribution in [2.24, 2.45) is 11.5 Å². The van der Waals surface area contributed by atoms with E-state index in [4.69, 9.17) is 11.5 Å². The van der Waals surface area contributed by atoms with Crippen molar-refractivity contribution in [3.05, 3.63) is 23.8 Å². The van der Waals surface area contributed by atoms with Crippen LogP contribution in [0, 0.1) is 0 Å². The molecule has 0 aromatic rings. The predicted molar refractivity (Wildman–Crippen MR) is 39.0 cm³/mol. The van der Waals surface area contributed by atoms with Crippen LogP contribution in [0.1, 0.15) is 6.42 Å². The molecule has 0 spiro atoms. The van der Waals surface area contributed by atoms with Gasteiger partial charge in [-0.3, -0.25) is 0 Å². The normalized spacial score (nSPS) is 22.2. The van der Waals surface area contributed by atoms with Gasteiger partial charge in [-0.25, -0.2) is 0 Å². The van der Waals surface area contributed by atoms with E-state index in [9.17, 15) is 13.2 Å². The molecule has 5 heteroatoms. The molecule has 0 aliphatic heterocycles. The van der Waals surface area contributed by atoms with Gasteiger partial charge in [-0.05, 0) is 6.08 Å². The van der Waals surface area contributed by atoms with Gasteiger partial charge in [-0.1, -0.05) is 12.2 Å². The van der Waals surface area contributed by atoms with Crippen LogP contribution in [0.4, 0.5) is 13.2 Å². The average molecular weight is 178 g/mol. The molecule has 0 amide bonds. The van der Waals surface area contributed by atoms with Crippen LogP contribution >= 0.6 is 0 Å². The standard InChI is InChI=1S/C7H9F3N2/c8-7(9,10)5-1-3-6(11,12)4-2-5/h1-3H,4,11-12H2. The summed E-state index contributed by atoms with van der Waals surface area (Å²) in [6.45, 7) is 0. The summed E-state index contributed by atoms with van der Waals surface area (Å²) in [5, 5.41) is 0. The fourth-order valence-electron chi connectivity index (χ4n) is 0.878. The summed E-state index contributed by atoms with van der Waals surface area (Å²) in [5.41, 5.74) is 8.91. The quantitative estimate of drug-likeness (QED) is 0.545. The highest BCUT2D eigenvalue weighted by atomic mass is 19.4. The summed E-state index contributed by atoms with van der Waals surface area (Å²) in [7, 11) is 0. The highest BCUT2D eigenvalue weighted by molar-refractivity contribution is 5.31. The van der Waals surface area contributed by atoms with E-state index in [1.807, 2.05) is 0 Å². The number of allylic oxidation sites excluding steroid dienone is 2. The minimum absolute atomic E-state index is 0.0122. The summed E-state index contributed by atoms with van der Waals surface area (Å²) < 4.78 is 36.0. The van der Waals surface area contributed by atoms with E-state index < -0.39 is 17.4 Å². The van der Waals surface area contributed by atoms with Crippen molar-refractivity contribution in [2.75, 3.05) is 0 Å². The van der Waals surface area contributed by atoms with E-state index in [0.29, 0.717) is 0 Å². The topological polar surface area (TPSA) is 52.0 Å². The molecule has 1 aliphatic rings. The zero-order valence-electron chi connectivity index (χ0n) is 6.23. The van der Waals surface area contributed by atoms with Gasteiger partial charge in [0.25, 0.3) is 0 Å². The van der Waals surface area contributed by atoms with E-state index in [1.165, 1.54) is 0 Å². The van der Waals surface area contributed by atoms with Crippen LogP contribution in [0.3, 0.4) is 0 Å². The summed E-state index contributed by atoms with van der Waals surface area (Å²) >= 11 is 0. The molecule has 1 rings (SSSR count). The van der Waals surface area contributed by atoms with E-state index in [1.54, 1.807) is 0 Å². The zero-order chi connectivity index (χ0) is 9.41. The maximum Gasteiger partial charge on any atom is 0.416 e. The monoisotopic (exact) mass is 178 g/mol. The highest BCUT2D eigenvalue weighted by Gasteiger charge is 2.34. The molecule has 12 heavy (non-hydrogen) atoms. The van der Waals surface area contributed by atoms with Crippen molar-refractivity contribution in [3.8, 4) is 0 Å². The fourth-order valence-corrected chi connectivity index (χ4v) is 0.878. The second-order valence-corrected chi connectivity index (χ2v) is 2.81. The third-order valence-corrected chi connectivity index (χ3v) is 1.58. The molecule has 68 valence electrons. The molecule has 0 aromatic carbocycles. The molecule has 0 radical (unpaired) electrons. The first-order chi connectivity index (χ1) is 5.31. The Morgan fingerprint density at radius 1 is 1.33 bits per heavy atom. The SMILES string of the molecule is NC1(N)C=CC(C(F)(F)F)=CC1. The number of hydrogen-bond acceptors (Lipinski definition) is 2. The molecule has 1 aliphatic carbocycles. The Morgan fingerprint density at radius 2 is 1.92 bits per heavy atom. The Bertz CT molecular complexity index is 238. The minimum atomic E-state index is -4.30. The van der Waals surface area contributed by atoms with Crippen molar-refractivity contribution in [1.29, 1.82) is 0 Å². The van der Waals surface area contributed by atoms with Crippen LogP contribution in [0.25, 0.3) is 0 Å². The van der Waals surface area contributed by atoms with Gasteiger partial charge in [-0.15, -0.1) is 0 Å². The molecule has 2 nitrogen and oxygen atoms in total. The largest absolute Gasteiger partial charge is 0.416 e. The van der Waals surface area contributed by atoms with Gasteiger partial charge >= 0.3 is 6.18 Å². The van der Waals surface area contributed by atoms with Crippen LogP contribution in [-0.4, -0.2) is 11.8 Å². The zero-order valence-corrected chi connectivity index (χ0v) is 6.23. The van der Waals surface area contributed by atoms with Gasteiger partial charge in [0.15, 0.2) is 0 Å². The number of hydrogen-bond donors (Lipinski definition) is 2. The Kier molecular flexibility index (Phi) is 2.01. The van der Waals surface area contributed by atoms with Gasteiger partial charge in [0.2, 0.25) is 0 Å². The number of nitrogens with two attached hydrogens (primary N) is 2. The maximum absolute atomic E-state index is 12.0. The second-order valence-electron chi connectivity index (χ2n) is 2.81. The molecule has 0 saturated carbocycles. The van der Waals surface area contributed by atoms with E-state index >= 15 is 0 Å². The summed E-state index contributed by atoms with van der Waals surface area (Å²) in [6, 6.07) is 0. The smallest absolute Gasteiger partial charge is 0.310 e. The second kappa shape index (κ2) is 2.60. The molecule has 0 bridgehead atoms. The van der Waals surface area contributed by atoms with Crippen molar-refractivity contribution in [1.82, 2.24) is 0 Å². The van der Waals surface area contributed by atoms with E-state index in [0.717, 1.165) is 18.2 Å². The van der Waals surface area contributed by atoms with Crippen LogP contribution in [0.2, 0.25) is 0 Å². The maximum atomic E-state index is 12.0. The fraction of sp³-hybridized carbons (Fsp3) is 0.429. The van der Waals surface area contributed by atoms with Crippen molar-refractivity contribution >= 4 is 0 Å². The molecule has 0 fully saturated rings. The Morgan fingerprint density at radius 3 is 2.25 bits per heavy atom. The molecule has 0 heterocycles. The third-order valence-electron chi connectivity index (χ3n) is 1.58. The summed E-state index contributed by atoms with van der Waals surface area (Å²) in [5.74, 6) is 0. The highest BCUT2D eigenvalue weighted by Crippen LogP contribution is 2.30. The van der Waals surface area contributed by atoms with Gasteiger partial charge in [0.05, 0.1) is 11.2 Å². The van der Waals surface area contributed by atoms with Gasteiger partial charge in [0.1, 0.15) is 0 Å². The number of alkyl halides is 3. The van der Waals surface area contributed by atoms with Gasteiger partial charge in [0, 0.05) is 6.42 Å². The summed E-state index contributed by atoms with van der Waals surface area (Å²) in [4.78, 5) is 0.